The number of nitrogens with zero attached hydrogens (tertiary/aromatic N) is 1. The first-order valence-electron chi connectivity index (χ1n) is 4.09. The molecule has 0 radical (unpaired) electrons. The van der Waals surface area contributed by atoms with Gasteiger partial charge in [0.25, 0.3) is 0 Å². The summed E-state index contributed by atoms with van der Waals surface area (Å²) in [5.41, 5.74) is -0.0780. The Morgan fingerprint density at radius 2 is 1.80 bits per heavy atom. The van der Waals surface area contributed by atoms with Crippen LogP contribution in [0.5, 0.6) is 5.75 Å². The van der Waals surface area contributed by atoms with E-state index in [1.165, 1.54) is 37.4 Å². The fraction of sp³-hybridized carbons (Fsp3) is 0.300. The molecule has 80 valence electrons. The SMILES string of the molecule is COc1ccc(C(C#N)C(F)(F)F)cc1. The zero-order valence-corrected chi connectivity index (χ0v) is 7.88. The van der Waals surface area contributed by atoms with Crippen LogP contribution in [-0.4, -0.2) is 13.3 Å². The van der Waals surface area contributed by atoms with E-state index < -0.39 is 12.1 Å². The molecule has 0 aromatic heterocycles. The number of alkyl halides is 3. The maximum atomic E-state index is 12.3. The molecule has 0 spiro atoms. The van der Waals surface area contributed by atoms with Crippen molar-refractivity contribution in [3.8, 4) is 11.8 Å². The van der Waals surface area contributed by atoms with Gasteiger partial charge in [-0.15, -0.1) is 0 Å². The number of benzene rings is 1. The van der Waals surface area contributed by atoms with Gasteiger partial charge in [-0.25, -0.2) is 0 Å². The van der Waals surface area contributed by atoms with Crippen LogP contribution >= 0.6 is 0 Å². The van der Waals surface area contributed by atoms with Gasteiger partial charge in [-0.2, -0.15) is 18.4 Å². The molecule has 0 amide bonds. The molecule has 1 aromatic carbocycles. The van der Waals surface area contributed by atoms with Gasteiger partial charge in [-0.1, -0.05) is 12.1 Å². The summed E-state index contributed by atoms with van der Waals surface area (Å²) >= 11 is 0. The highest BCUT2D eigenvalue weighted by atomic mass is 19.4. The van der Waals surface area contributed by atoms with Crippen molar-refractivity contribution in [1.82, 2.24) is 0 Å². The molecule has 0 aliphatic rings. The number of nitriles is 1. The number of halogens is 3. The van der Waals surface area contributed by atoms with Crippen LogP contribution in [0.15, 0.2) is 24.3 Å². The highest BCUT2D eigenvalue weighted by Gasteiger charge is 2.40. The second-order valence-electron chi connectivity index (χ2n) is 2.88. The van der Waals surface area contributed by atoms with E-state index in [1.807, 2.05) is 0 Å². The number of hydrogen-bond donors (Lipinski definition) is 0. The Morgan fingerprint density at radius 3 is 2.13 bits per heavy atom. The molecular weight excluding hydrogens is 207 g/mol. The molecule has 15 heavy (non-hydrogen) atoms. The highest BCUT2D eigenvalue weighted by molar-refractivity contribution is 5.33. The average Bonchev–Trinajstić information content (AvgIpc) is 2.18. The number of methoxy groups -OCH3 is 1. The summed E-state index contributed by atoms with van der Waals surface area (Å²) in [4.78, 5) is 0. The zero-order chi connectivity index (χ0) is 11.5. The van der Waals surface area contributed by atoms with Gasteiger partial charge < -0.3 is 4.74 Å². The van der Waals surface area contributed by atoms with Crippen LogP contribution in [0, 0.1) is 11.3 Å². The van der Waals surface area contributed by atoms with E-state index in [9.17, 15) is 13.2 Å². The fourth-order valence-electron chi connectivity index (χ4n) is 1.13. The molecule has 5 heteroatoms. The van der Waals surface area contributed by atoms with Gasteiger partial charge in [0.15, 0.2) is 5.92 Å². The first kappa shape index (κ1) is 11.4. The van der Waals surface area contributed by atoms with Gasteiger partial charge >= 0.3 is 6.18 Å². The molecule has 1 unspecified atom stereocenters. The molecule has 0 fully saturated rings. The largest absolute Gasteiger partial charge is 0.497 e. The van der Waals surface area contributed by atoms with E-state index >= 15 is 0 Å². The summed E-state index contributed by atoms with van der Waals surface area (Å²) in [7, 11) is 1.42. The van der Waals surface area contributed by atoms with E-state index in [0.29, 0.717) is 5.75 Å². The Hall–Kier alpha value is -1.70. The smallest absolute Gasteiger partial charge is 0.408 e. The minimum Gasteiger partial charge on any atom is -0.497 e. The Kier molecular flexibility index (Phi) is 3.20. The number of hydrogen-bond acceptors (Lipinski definition) is 2. The predicted molar refractivity (Wildman–Crippen MR) is 47.4 cm³/mol. The monoisotopic (exact) mass is 215 g/mol. The molecule has 0 aliphatic heterocycles. The van der Waals surface area contributed by atoms with Crippen molar-refractivity contribution in [3.63, 3.8) is 0 Å². The van der Waals surface area contributed by atoms with Crippen molar-refractivity contribution in [1.29, 1.82) is 5.26 Å². The molecule has 1 aromatic rings. The standard InChI is InChI=1S/C10H8F3NO/c1-15-8-4-2-7(3-5-8)9(6-14)10(11,12)13/h2-5,9H,1H3. The lowest BCUT2D eigenvalue weighted by Crippen LogP contribution is -2.19. The Bertz CT molecular complexity index is 364. The van der Waals surface area contributed by atoms with Crippen LogP contribution in [0.4, 0.5) is 13.2 Å². The van der Waals surface area contributed by atoms with Crippen molar-refractivity contribution >= 4 is 0 Å². The minimum absolute atomic E-state index is 0.0780. The van der Waals surface area contributed by atoms with Crippen molar-refractivity contribution in [2.24, 2.45) is 0 Å². The number of rotatable bonds is 2. The minimum atomic E-state index is -4.54. The Balaban J connectivity index is 3.00. The second-order valence-corrected chi connectivity index (χ2v) is 2.88. The van der Waals surface area contributed by atoms with E-state index in [1.54, 1.807) is 0 Å². The fourth-order valence-corrected chi connectivity index (χ4v) is 1.13. The zero-order valence-electron chi connectivity index (χ0n) is 7.88. The Labute approximate surface area is 84.9 Å². The summed E-state index contributed by atoms with van der Waals surface area (Å²) in [6.07, 6.45) is -4.54. The van der Waals surface area contributed by atoms with Gasteiger partial charge in [0.1, 0.15) is 5.75 Å². The van der Waals surface area contributed by atoms with Gasteiger partial charge in [0.05, 0.1) is 13.2 Å². The molecule has 0 N–H and O–H groups in total. The summed E-state index contributed by atoms with van der Waals surface area (Å²) in [5, 5.41) is 8.44. The van der Waals surface area contributed by atoms with Crippen molar-refractivity contribution in [3.05, 3.63) is 29.8 Å². The van der Waals surface area contributed by atoms with Crippen LogP contribution in [0.2, 0.25) is 0 Å². The topological polar surface area (TPSA) is 33.0 Å². The normalized spacial score (nSPS) is 13.0. The van der Waals surface area contributed by atoms with Crippen molar-refractivity contribution < 1.29 is 17.9 Å². The van der Waals surface area contributed by atoms with Crippen LogP contribution < -0.4 is 4.74 Å². The van der Waals surface area contributed by atoms with E-state index in [4.69, 9.17) is 10.00 Å². The van der Waals surface area contributed by atoms with Crippen LogP contribution in [0.1, 0.15) is 11.5 Å². The van der Waals surface area contributed by atoms with Crippen molar-refractivity contribution in [2.75, 3.05) is 7.11 Å². The first-order valence-corrected chi connectivity index (χ1v) is 4.09. The molecule has 0 aliphatic carbocycles. The first-order chi connectivity index (χ1) is 6.99. The third kappa shape index (κ3) is 2.62. The van der Waals surface area contributed by atoms with Gasteiger partial charge in [0, 0.05) is 0 Å². The predicted octanol–water partition coefficient (Wildman–Crippen LogP) is 2.86. The molecule has 1 rings (SSSR count). The molecule has 2 nitrogen and oxygen atoms in total. The molecule has 0 heterocycles. The van der Waals surface area contributed by atoms with Gasteiger partial charge in [-0.3, -0.25) is 0 Å². The average molecular weight is 215 g/mol. The molecule has 1 atom stereocenters. The van der Waals surface area contributed by atoms with Gasteiger partial charge in [0.2, 0.25) is 0 Å². The molecule has 0 saturated heterocycles. The lowest BCUT2D eigenvalue weighted by molar-refractivity contribution is -0.137. The highest BCUT2D eigenvalue weighted by Crippen LogP contribution is 2.34. The third-order valence-corrected chi connectivity index (χ3v) is 1.91. The molecule has 0 saturated carbocycles. The molecule has 0 bridgehead atoms. The summed E-state index contributed by atoms with van der Waals surface area (Å²) in [6.45, 7) is 0. The summed E-state index contributed by atoms with van der Waals surface area (Å²) in [5.74, 6) is -1.62. The van der Waals surface area contributed by atoms with E-state index in [-0.39, 0.29) is 5.56 Å². The number of ether oxygens (including phenoxy) is 1. The van der Waals surface area contributed by atoms with Crippen molar-refractivity contribution in [2.45, 2.75) is 12.1 Å². The van der Waals surface area contributed by atoms with Crippen LogP contribution in [-0.2, 0) is 0 Å². The second kappa shape index (κ2) is 4.22. The third-order valence-electron chi connectivity index (χ3n) is 1.91. The maximum absolute atomic E-state index is 12.3. The lowest BCUT2D eigenvalue weighted by Gasteiger charge is -2.13. The van der Waals surface area contributed by atoms with E-state index in [2.05, 4.69) is 0 Å². The maximum Gasteiger partial charge on any atom is 0.408 e. The Morgan fingerprint density at radius 1 is 1.27 bits per heavy atom. The van der Waals surface area contributed by atoms with Crippen LogP contribution in [0.25, 0.3) is 0 Å². The van der Waals surface area contributed by atoms with E-state index in [0.717, 1.165) is 0 Å². The van der Waals surface area contributed by atoms with Crippen LogP contribution in [0.3, 0.4) is 0 Å². The molecular formula is C10H8F3NO. The summed E-state index contributed by atoms with van der Waals surface area (Å²) < 4.78 is 41.8. The quantitative estimate of drug-likeness (QED) is 0.759. The lowest BCUT2D eigenvalue weighted by atomic mass is 10.0. The summed E-state index contributed by atoms with van der Waals surface area (Å²) in [6, 6.07) is 6.49. The van der Waals surface area contributed by atoms with Gasteiger partial charge in [-0.05, 0) is 17.7 Å².